The molecule has 0 bridgehead atoms. The number of nitrogens with one attached hydrogen (secondary N) is 3. The number of anilines is 6. The molecule has 0 aliphatic carbocycles. The van der Waals surface area contributed by atoms with Crippen LogP contribution in [0.3, 0.4) is 0 Å². The van der Waals surface area contributed by atoms with Gasteiger partial charge >= 0.3 is 0 Å². The zero-order chi connectivity index (χ0) is 23.0. The van der Waals surface area contributed by atoms with Gasteiger partial charge in [0.05, 0.1) is 29.8 Å². The van der Waals surface area contributed by atoms with E-state index in [-0.39, 0.29) is 17.8 Å². The second-order valence-electron chi connectivity index (χ2n) is 6.72. The Hall–Kier alpha value is -5.46. The molecule has 0 amide bonds. The minimum Gasteiger partial charge on any atom is -0.324 e. The van der Waals surface area contributed by atoms with Crippen LogP contribution >= 0.6 is 0 Å². The molecule has 1 heterocycles. The fraction of sp³-hybridized carbons (Fsp3) is 0. The van der Waals surface area contributed by atoms with Gasteiger partial charge in [0.1, 0.15) is 0 Å². The van der Waals surface area contributed by atoms with E-state index in [4.69, 9.17) is 17.1 Å². The van der Waals surface area contributed by atoms with Crippen LogP contribution in [0.5, 0.6) is 0 Å². The van der Waals surface area contributed by atoms with E-state index in [0.29, 0.717) is 33.9 Å². The molecule has 0 spiro atoms. The van der Waals surface area contributed by atoms with Crippen LogP contribution < -0.4 is 16.0 Å². The van der Waals surface area contributed by atoms with Gasteiger partial charge in [-0.1, -0.05) is 12.1 Å². The second-order valence-corrected chi connectivity index (χ2v) is 6.72. The molecule has 3 aromatic carbocycles. The summed E-state index contributed by atoms with van der Waals surface area (Å²) in [6.07, 6.45) is 0. The summed E-state index contributed by atoms with van der Waals surface area (Å²) >= 11 is 0. The molecule has 4 aromatic rings. The van der Waals surface area contributed by atoms with Gasteiger partial charge in [-0.2, -0.15) is 25.5 Å². The molecule has 3 N–H and O–H groups in total. The standard InChI is InChI=1S/C24H15N9/c1-27-18-10-12-21(13-11-18)30-24-32-22(28-19-6-2-16(14-25)3-7-19)31-23(33-24)29-20-8-4-17(15-26)5-9-20/h2-13H,(H3,28,29,30,31,32,33). The molecular weight excluding hydrogens is 414 g/mol. The Kier molecular flexibility index (Phi) is 6.03. The lowest BCUT2D eigenvalue weighted by Gasteiger charge is -2.12. The average molecular weight is 429 g/mol. The molecule has 33 heavy (non-hydrogen) atoms. The lowest BCUT2D eigenvalue weighted by molar-refractivity contribution is 1.06. The first-order chi connectivity index (χ1) is 16.1. The average Bonchev–Trinajstić information content (AvgIpc) is 2.85. The van der Waals surface area contributed by atoms with Gasteiger partial charge < -0.3 is 16.0 Å². The lowest BCUT2D eigenvalue weighted by Crippen LogP contribution is -2.07. The maximum absolute atomic E-state index is 8.98. The summed E-state index contributed by atoms with van der Waals surface area (Å²) in [6, 6.07) is 24.9. The van der Waals surface area contributed by atoms with Crippen LogP contribution in [-0.2, 0) is 0 Å². The summed E-state index contributed by atoms with van der Waals surface area (Å²) in [4.78, 5) is 16.7. The topological polar surface area (TPSA) is 127 Å². The largest absolute Gasteiger partial charge is 0.324 e. The van der Waals surface area contributed by atoms with Gasteiger partial charge in [-0.3, -0.25) is 0 Å². The Bertz CT molecular complexity index is 1200. The van der Waals surface area contributed by atoms with Crippen LogP contribution in [0.15, 0.2) is 72.8 Å². The highest BCUT2D eigenvalue weighted by atomic mass is 15.3. The molecule has 0 fully saturated rings. The number of nitriles is 2. The normalized spacial score (nSPS) is 9.73. The predicted molar refractivity (Wildman–Crippen MR) is 125 cm³/mol. The molecule has 0 atom stereocenters. The van der Waals surface area contributed by atoms with Crippen molar-refractivity contribution in [2.24, 2.45) is 0 Å². The highest BCUT2D eigenvalue weighted by Gasteiger charge is 2.09. The quantitative estimate of drug-likeness (QED) is 0.348. The monoisotopic (exact) mass is 429 g/mol. The zero-order valence-electron chi connectivity index (χ0n) is 17.1. The first kappa shape index (κ1) is 20.8. The lowest BCUT2D eigenvalue weighted by atomic mass is 10.2. The van der Waals surface area contributed by atoms with Gasteiger partial charge in [-0.25, -0.2) is 4.85 Å². The van der Waals surface area contributed by atoms with Gasteiger partial charge in [-0.05, 0) is 60.7 Å². The van der Waals surface area contributed by atoms with Crippen molar-refractivity contribution in [3.05, 3.63) is 95.3 Å². The highest BCUT2D eigenvalue weighted by molar-refractivity contribution is 5.63. The molecule has 0 unspecified atom stereocenters. The van der Waals surface area contributed by atoms with Crippen LogP contribution in [0, 0.1) is 29.2 Å². The van der Waals surface area contributed by atoms with Crippen molar-refractivity contribution in [2.75, 3.05) is 16.0 Å². The number of hydrogen-bond donors (Lipinski definition) is 3. The maximum atomic E-state index is 8.98. The summed E-state index contributed by atoms with van der Waals surface area (Å²) in [7, 11) is 0. The Labute approximate surface area is 189 Å². The van der Waals surface area contributed by atoms with Crippen LogP contribution in [0.1, 0.15) is 11.1 Å². The third-order valence-electron chi connectivity index (χ3n) is 4.43. The van der Waals surface area contributed by atoms with Gasteiger partial charge in [0.2, 0.25) is 17.8 Å². The van der Waals surface area contributed by atoms with Gasteiger partial charge in [-0.15, -0.1) is 0 Å². The van der Waals surface area contributed by atoms with Crippen LogP contribution in [0.25, 0.3) is 4.85 Å². The minimum absolute atomic E-state index is 0.283. The number of hydrogen-bond acceptors (Lipinski definition) is 8. The summed E-state index contributed by atoms with van der Waals surface area (Å²) in [6.45, 7) is 7.08. The fourth-order valence-electron chi connectivity index (χ4n) is 2.81. The molecule has 0 aliphatic heterocycles. The maximum Gasteiger partial charge on any atom is 0.233 e. The molecule has 0 radical (unpaired) electrons. The van der Waals surface area contributed by atoms with E-state index >= 15 is 0 Å². The van der Waals surface area contributed by atoms with Crippen molar-refractivity contribution in [1.82, 2.24) is 15.0 Å². The zero-order valence-corrected chi connectivity index (χ0v) is 17.1. The first-order valence-corrected chi connectivity index (χ1v) is 9.70. The van der Waals surface area contributed by atoms with E-state index in [1.54, 1.807) is 72.8 Å². The number of aromatic nitrogens is 3. The number of rotatable bonds is 6. The van der Waals surface area contributed by atoms with Crippen molar-refractivity contribution in [2.45, 2.75) is 0 Å². The Morgan fingerprint density at radius 3 is 1.21 bits per heavy atom. The molecule has 0 saturated heterocycles. The second kappa shape index (κ2) is 9.57. The molecule has 1 aromatic heterocycles. The first-order valence-electron chi connectivity index (χ1n) is 9.70. The van der Waals surface area contributed by atoms with Crippen molar-refractivity contribution in [1.29, 1.82) is 10.5 Å². The van der Waals surface area contributed by atoms with Crippen molar-refractivity contribution in [3.8, 4) is 12.1 Å². The van der Waals surface area contributed by atoms with Crippen LogP contribution in [0.2, 0.25) is 0 Å². The van der Waals surface area contributed by atoms with Crippen LogP contribution in [-0.4, -0.2) is 15.0 Å². The van der Waals surface area contributed by atoms with Gasteiger partial charge in [0.15, 0.2) is 5.69 Å². The predicted octanol–water partition coefficient (Wildman–Crippen LogP) is 5.40. The molecule has 156 valence electrons. The Morgan fingerprint density at radius 1 is 0.576 bits per heavy atom. The van der Waals surface area contributed by atoms with E-state index in [1.807, 2.05) is 0 Å². The third kappa shape index (κ3) is 5.37. The molecule has 4 rings (SSSR count). The fourth-order valence-corrected chi connectivity index (χ4v) is 2.81. The minimum atomic E-state index is 0.283. The Balaban J connectivity index is 1.63. The van der Waals surface area contributed by atoms with E-state index < -0.39 is 0 Å². The van der Waals surface area contributed by atoms with Gasteiger partial charge in [0, 0.05) is 17.1 Å². The summed E-state index contributed by atoms with van der Waals surface area (Å²) in [5.41, 5.74) is 3.74. The van der Waals surface area contributed by atoms with E-state index in [0.717, 1.165) is 0 Å². The van der Waals surface area contributed by atoms with E-state index in [1.165, 1.54) is 0 Å². The molecule has 0 aliphatic rings. The summed E-state index contributed by atoms with van der Waals surface area (Å²) < 4.78 is 0. The molecule has 0 saturated carbocycles. The third-order valence-corrected chi connectivity index (χ3v) is 4.43. The van der Waals surface area contributed by atoms with E-state index in [9.17, 15) is 0 Å². The van der Waals surface area contributed by atoms with E-state index in [2.05, 4.69) is 47.9 Å². The highest BCUT2D eigenvalue weighted by Crippen LogP contribution is 2.23. The van der Waals surface area contributed by atoms with Crippen LogP contribution in [0.4, 0.5) is 40.6 Å². The molecular formula is C24H15N9. The number of nitrogens with zero attached hydrogens (tertiary/aromatic N) is 6. The molecule has 9 nitrogen and oxygen atoms in total. The van der Waals surface area contributed by atoms with Crippen molar-refractivity contribution in [3.63, 3.8) is 0 Å². The summed E-state index contributed by atoms with van der Waals surface area (Å²) in [5, 5.41) is 27.3. The smallest absolute Gasteiger partial charge is 0.233 e. The molecule has 9 heteroatoms. The van der Waals surface area contributed by atoms with Gasteiger partial charge in [0.25, 0.3) is 0 Å². The van der Waals surface area contributed by atoms with Crippen molar-refractivity contribution >= 4 is 40.6 Å². The summed E-state index contributed by atoms with van der Waals surface area (Å²) in [5.74, 6) is 0.852. The SMILES string of the molecule is [C-]#[N+]c1ccc(Nc2nc(Nc3ccc(C#N)cc3)nc(Nc3ccc(C#N)cc3)n2)cc1. The number of benzene rings is 3. The van der Waals surface area contributed by atoms with Crippen molar-refractivity contribution < 1.29 is 0 Å². The Morgan fingerprint density at radius 2 is 0.909 bits per heavy atom.